The molecule has 0 N–H and O–H groups in total. The summed E-state index contributed by atoms with van der Waals surface area (Å²) in [7, 11) is 0. The Morgan fingerprint density at radius 3 is 2.50 bits per heavy atom. The van der Waals surface area contributed by atoms with Crippen LogP contribution in [0.25, 0.3) is 11.0 Å². The first-order valence-electron chi connectivity index (χ1n) is 8.80. The second-order valence-corrected chi connectivity index (χ2v) is 8.43. The predicted octanol–water partition coefficient (Wildman–Crippen LogP) is 3.98. The smallest absolute Gasteiger partial charge is 0.286 e. The number of carbonyl (C=O) groups excluding carboxylic acids is 1. The predicted molar refractivity (Wildman–Crippen MR) is 103 cm³/mol. The zero-order valence-corrected chi connectivity index (χ0v) is 15.9. The Labute approximate surface area is 156 Å². The fraction of sp³-hybridized carbons (Fsp3) is 0.474. The minimum absolute atomic E-state index is 0.0265. The maximum atomic E-state index is 12.2. The van der Waals surface area contributed by atoms with E-state index >= 15 is 0 Å². The Morgan fingerprint density at radius 1 is 1.15 bits per heavy atom. The molecule has 2 aromatic rings. The van der Waals surface area contributed by atoms with Gasteiger partial charge in [0.15, 0.2) is 5.58 Å². The molecule has 7 heteroatoms. The van der Waals surface area contributed by atoms with Gasteiger partial charge in [-0.25, -0.2) is 0 Å². The van der Waals surface area contributed by atoms with Crippen molar-refractivity contribution in [3.05, 3.63) is 24.0 Å². The molecule has 6 nitrogen and oxygen atoms in total. The molecule has 2 aliphatic heterocycles. The first kappa shape index (κ1) is 17.3. The topological polar surface area (TPSA) is 69.7 Å². The average molecular weight is 371 g/mol. The number of morpholine rings is 1. The van der Waals surface area contributed by atoms with Gasteiger partial charge in [-0.15, -0.1) is 0 Å². The van der Waals surface area contributed by atoms with Crippen LogP contribution in [0.3, 0.4) is 0 Å². The molecular weight excluding hydrogens is 350 g/mol. The monoisotopic (exact) mass is 371 g/mol. The van der Waals surface area contributed by atoms with E-state index < -0.39 is 0 Å². The van der Waals surface area contributed by atoms with Crippen LogP contribution in [0.15, 0.2) is 22.8 Å². The minimum atomic E-state index is 0.0265. The maximum absolute atomic E-state index is 12.2. The van der Waals surface area contributed by atoms with Crippen molar-refractivity contribution in [3.8, 4) is 6.07 Å². The Bertz CT molecular complexity index is 893. The van der Waals surface area contributed by atoms with Crippen molar-refractivity contribution < 1.29 is 13.9 Å². The molecule has 1 aromatic carbocycles. The Hall–Kier alpha value is -2.17. The number of furan rings is 1. The van der Waals surface area contributed by atoms with Crippen molar-refractivity contribution in [1.82, 2.24) is 0 Å². The highest BCUT2D eigenvalue weighted by molar-refractivity contribution is 8.14. The van der Waals surface area contributed by atoms with Gasteiger partial charge in [0.1, 0.15) is 17.9 Å². The molecule has 0 unspecified atom stereocenters. The third-order valence-corrected chi connectivity index (χ3v) is 5.80. The highest BCUT2D eigenvalue weighted by Gasteiger charge is 2.32. The Morgan fingerprint density at radius 2 is 1.88 bits per heavy atom. The lowest BCUT2D eigenvalue weighted by Crippen LogP contribution is -2.45. The van der Waals surface area contributed by atoms with Crippen LogP contribution in [-0.4, -0.2) is 42.3 Å². The molecular formula is C19H21N3O3S. The van der Waals surface area contributed by atoms with Crippen LogP contribution >= 0.6 is 11.8 Å². The zero-order chi connectivity index (χ0) is 18.4. The van der Waals surface area contributed by atoms with Crippen LogP contribution in [0.4, 0.5) is 16.2 Å². The number of benzene rings is 1. The summed E-state index contributed by atoms with van der Waals surface area (Å²) in [6.07, 6.45) is 1.80. The third-order valence-electron chi connectivity index (χ3n) is 4.83. The standard InChI is InChI=1S/C19H21N3O3S/c1-11-7-21(8-12(2)25-11)16-5-4-14-17(10-24-18(14)15(16)6-20)22-9-13(3)26-19(22)23/h4-5,10-13H,7-9H2,1-3H3/t11-,12+,13-/m0/s1. The SMILES string of the molecule is C[C@@H]1CN(c2ccc3c(N4C[C@H](C)SC4=O)coc3c2C#N)C[C@H](C)O1. The van der Waals surface area contributed by atoms with E-state index in [1.165, 1.54) is 11.8 Å². The number of ether oxygens (including phenoxy) is 1. The van der Waals surface area contributed by atoms with Crippen LogP contribution in [0.2, 0.25) is 0 Å². The quantitative estimate of drug-likeness (QED) is 0.795. The van der Waals surface area contributed by atoms with Crippen molar-refractivity contribution in [1.29, 1.82) is 5.26 Å². The van der Waals surface area contributed by atoms with Gasteiger partial charge in [0.2, 0.25) is 0 Å². The molecule has 4 rings (SSSR count). The molecule has 0 saturated carbocycles. The largest absolute Gasteiger partial charge is 0.461 e. The lowest BCUT2D eigenvalue weighted by atomic mass is 10.1. The zero-order valence-electron chi connectivity index (χ0n) is 15.1. The summed E-state index contributed by atoms with van der Waals surface area (Å²) in [6.45, 7) is 8.23. The average Bonchev–Trinajstić information content (AvgIpc) is 3.15. The molecule has 2 saturated heterocycles. The fourth-order valence-electron chi connectivity index (χ4n) is 3.83. The van der Waals surface area contributed by atoms with Gasteiger partial charge in [-0.3, -0.25) is 9.69 Å². The summed E-state index contributed by atoms with van der Waals surface area (Å²) < 4.78 is 11.6. The van der Waals surface area contributed by atoms with Gasteiger partial charge in [-0.05, 0) is 26.0 Å². The van der Waals surface area contributed by atoms with Crippen LogP contribution in [0.5, 0.6) is 0 Å². The maximum Gasteiger partial charge on any atom is 0.286 e. The van der Waals surface area contributed by atoms with Gasteiger partial charge in [0, 0.05) is 30.3 Å². The summed E-state index contributed by atoms with van der Waals surface area (Å²) in [6, 6.07) is 6.22. The highest BCUT2D eigenvalue weighted by Crippen LogP contribution is 2.39. The number of fused-ring (bicyclic) bond motifs is 1. The number of nitriles is 1. The van der Waals surface area contributed by atoms with Crippen molar-refractivity contribution in [2.45, 2.75) is 38.2 Å². The molecule has 0 radical (unpaired) electrons. The van der Waals surface area contributed by atoms with Crippen molar-refractivity contribution >= 4 is 39.3 Å². The number of anilines is 2. The molecule has 0 aliphatic carbocycles. The van der Waals surface area contributed by atoms with Crippen LogP contribution in [0.1, 0.15) is 26.3 Å². The number of nitrogens with zero attached hydrogens (tertiary/aromatic N) is 3. The molecule has 1 amide bonds. The normalized spacial score (nSPS) is 26.5. The molecule has 2 aliphatic rings. The van der Waals surface area contributed by atoms with E-state index in [1.54, 1.807) is 11.2 Å². The van der Waals surface area contributed by atoms with Crippen molar-refractivity contribution in [2.24, 2.45) is 0 Å². The van der Waals surface area contributed by atoms with Gasteiger partial charge < -0.3 is 14.1 Å². The Kier molecular flexibility index (Phi) is 4.33. The molecule has 0 spiro atoms. The summed E-state index contributed by atoms with van der Waals surface area (Å²) >= 11 is 1.33. The second kappa shape index (κ2) is 6.53. The lowest BCUT2D eigenvalue weighted by molar-refractivity contribution is -0.00522. The van der Waals surface area contributed by atoms with Gasteiger partial charge in [0.25, 0.3) is 5.24 Å². The summed E-state index contributed by atoms with van der Waals surface area (Å²) in [5, 5.41) is 10.9. The first-order valence-corrected chi connectivity index (χ1v) is 9.68. The van der Waals surface area contributed by atoms with E-state index in [2.05, 4.69) is 11.0 Å². The van der Waals surface area contributed by atoms with E-state index in [0.717, 1.165) is 29.9 Å². The fourth-order valence-corrected chi connectivity index (χ4v) is 4.70. The first-order chi connectivity index (χ1) is 12.5. The van der Waals surface area contributed by atoms with E-state index in [9.17, 15) is 10.1 Å². The van der Waals surface area contributed by atoms with Crippen LogP contribution in [-0.2, 0) is 4.74 Å². The van der Waals surface area contributed by atoms with Crippen LogP contribution in [0, 0.1) is 11.3 Å². The number of hydrogen-bond acceptors (Lipinski definition) is 6. The number of thioether (sulfide) groups is 1. The lowest BCUT2D eigenvalue weighted by Gasteiger charge is -2.37. The van der Waals surface area contributed by atoms with E-state index in [0.29, 0.717) is 17.7 Å². The number of rotatable bonds is 2. The van der Waals surface area contributed by atoms with Crippen molar-refractivity contribution in [3.63, 3.8) is 0 Å². The van der Waals surface area contributed by atoms with E-state index in [-0.39, 0.29) is 22.7 Å². The second-order valence-electron chi connectivity index (χ2n) is 7.04. The summed E-state index contributed by atoms with van der Waals surface area (Å²) in [5.41, 5.74) is 2.67. The van der Waals surface area contributed by atoms with Crippen molar-refractivity contribution in [2.75, 3.05) is 29.4 Å². The summed E-state index contributed by atoms with van der Waals surface area (Å²) in [4.78, 5) is 16.1. The third kappa shape index (κ3) is 2.83. The molecule has 0 bridgehead atoms. The summed E-state index contributed by atoms with van der Waals surface area (Å²) in [5.74, 6) is 0. The molecule has 136 valence electrons. The highest BCUT2D eigenvalue weighted by atomic mass is 32.2. The minimum Gasteiger partial charge on any atom is -0.461 e. The van der Waals surface area contributed by atoms with Gasteiger partial charge >= 0.3 is 0 Å². The van der Waals surface area contributed by atoms with Gasteiger partial charge in [-0.2, -0.15) is 5.26 Å². The molecule has 3 heterocycles. The number of hydrogen-bond donors (Lipinski definition) is 0. The Balaban J connectivity index is 1.77. The van der Waals surface area contributed by atoms with Crippen LogP contribution < -0.4 is 9.80 Å². The molecule has 3 atom stereocenters. The molecule has 2 fully saturated rings. The van der Waals surface area contributed by atoms with Gasteiger partial charge in [-0.1, -0.05) is 18.7 Å². The number of amides is 1. The molecule has 1 aromatic heterocycles. The van der Waals surface area contributed by atoms with E-state index in [4.69, 9.17) is 9.15 Å². The van der Waals surface area contributed by atoms with E-state index in [1.807, 2.05) is 32.9 Å². The molecule has 26 heavy (non-hydrogen) atoms. The number of carbonyl (C=O) groups is 1. The van der Waals surface area contributed by atoms with Gasteiger partial charge in [0.05, 0.1) is 23.6 Å².